The summed E-state index contributed by atoms with van der Waals surface area (Å²) < 4.78 is 0. The lowest BCUT2D eigenvalue weighted by Crippen LogP contribution is -2.34. The molecule has 1 aliphatic heterocycles. The molecule has 1 heterocycles. The third-order valence-corrected chi connectivity index (χ3v) is 6.23. The number of carbonyl (C=O) groups excluding carboxylic acids is 2. The van der Waals surface area contributed by atoms with Crippen LogP contribution < -0.4 is 10.6 Å². The van der Waals surface area contributed by atoms with Crippen molar-refractivity contribution in [3.05, 3.63) is 128 Å². The summed E-state index contributed by atoms with van der Waals surface area (Å²) >= 11 is 0. The summed E-state index contributed by atoms with van der Waals surface area (Å²) in [7, 11) is 0. The SMILES string of the molecule is CC1=C(C(=O)NCc2ccccc2)[C@@H](c2ccc([N+](=O)[O-])cc2)C2=C(N1)c1ccccc1C2=O. The second kappa shape index (κ2) is 8.44. The van der Waals surface area contributed by atoms with E-state index >= 15 is 0 Å². The summed E-state index contributed by atoms with van der Waals surface area (Å²) in [4.78, 5) is 37.6. The highest BCUT2D eigenvalue weighted by Crippen LogP contribution is 2.46. The van der Waals surface area contributed by atoms with E-state index in [1.807, 2.05) is 55.5 Å². The van der Waals surface area contributed by atoms with Crippen molar-refractivity contribution < 1.29 is 14.5 Å². The third-order valence-electron chi connectivity index (χ3n) is 6.23. The highest BCUT2D eigenvalue weighted by molar-refractivity contribution is 6.23. The van der Waals surface area contributed by atoms with Gasteiger partial charge in [0.05, 0.1) is 10.6 Å². The van der Waals surface area contributed by atoms with Gasteiger partial charge in [0, 0.05) is 52.6 Å². The Morgan fingerprint density at radius 1 is 0.971 bits per heavy atom. The van der Waals surface area contributed by atoms with Crippen molar-refractivity contribution in [3.8, 4) is 0 Å². The number of nitro benzene ring substituents is 1. The molecule has 0 saturated heterocycles. The normalized spacial score (nSPS) is 16.6. The van der Waals surface area contributed by atoms with E-state index in [0.717, 1.165) is 11.1 Å². The lowest BCUT2D eigenvalue weighted by molar-refractivity contribution is -0.384. The lowest BCUT2D eigenvalue weighted by atomic mass is 9.79. The van der Waals surface area contributed by atoms with Crippen molar-refractivity contribution in [3.63, 3.8) is 0 Å². The monoisotopic (exact) mass is 451 g/mol. The first kappa shape index (κ1) is 21.3. The maximum Gasteiger partial charge on any atom is 0.269 e. The van der Waals surface area contributed by atoms with Crippen LogP contribution in [0.1, 0.15) is 39.9 Å². The molecule has 7 nitrogen and oxygen atoms in total. The molecule has 168 valence electrons. The first-order valence-electron chi connectivity index (χ1n) is 10.9. The molecule has 2 N–H and O–H groups in total. The molecule has 34 heavy (non-hydrogen) atoms. The lowest BCUT2D eigenvalue weighted by Gasteiger charge is -2.29. The fourth-order valence-corrected chi connectivity index (χ4v) is 4.63. The van der Waals surface area contributed by atoms with Gasteiger partial charge in [-0.25, -0.2) is 0 Å². The van der Waals surface area contributed by atoms with Crippen LogP contribution in [0.5, 0.6) is 0 Å². The molecule has 0 aromatic heterocycles. The molecule has 7 heteroatoms. The van der Waals surface area contributed by atoms with Crippen molar-refractivity contribution in [1.82, 2.24) is 10.6 Å². The predicted octanol–water partition coefficient (Wildman–Crippen LogP) is 4.48. The number of nitrogens with zero attached hydrogens (tertiary/aromatic N) is 1. The number of hydrogen-bond acceptors (Lipinski definition) is 5. The number of amides is 1. The van der Waals surface area contributed by atoms with Crippen LogP contribution in [-0.2, 0) is 11.3 Å². The average Bonchev–Trinajstić information content (AvgIpc) is 3.14. The van der Waals surface area contributed by atoms with Crippen molar-refractivity contribution in [2.75, 3.05) is 0 Å². The Kier molecular flexibility index (Phi) is 5.30. The van der Waals surface area contributed by atoms with E-state index in [9.17, 15) is 19.7 Å². The predicted molar refractivity (Wildman–Crippen MR) is 128 cm³/mol. The van der Waals surface area contributed by atoms with Gasteiger partial charge in [-0.2, -0.15) is 0 Å². The van der Waals surface area contributed by atoms with E-state index in [0.29, 0.717) is 40.2 Å². The molecule has 1 atom stereocenters. The second-order valence-corrected chi connectivity index (χ2v) is 8.28. The first-order chi connectivity index (χ1) is 16.5. The maximum absolute atomic E-state index is 13.5. The van der Waals surface area contributed by atoms with E-state index in [1.165, 1.54) is 12.1 Å². The van der Waals surface area contributed by atoms with Crippen molar-refractivity contribution >= 4 is 23.1 Å². The van der Waals surface area contributed by atoms with Gasteiger partial charge in [-0.3, -0.25) is 19.7 Å². The Labute approximate surface area is 196 Å². The van der Waals surface area contributed by atoms with Gasteiger partial charge in [0.1, 0.15) is 0 Å². The summed E-state index contributed by atoms with van der Waals surface area (Å²) in [5, 5.41) is 17.4. The topological polar surface area (TPSA) is 101 Å². The zero-order valence-corrected chi connectivity index (χ0v) is 18.4. The summed E-state index contributed by atoms with van der Waals surface area (Å²) in [6.07, 6.45) is 0. The molecule has 0 bridgehead atoms. The molecule has 1 aliphatic carbocycles. The number of nitrogens with one attached hydrogen (secondary N) is 2. The van der Waals surface area contributed by atoms with E-state index in [4.69, 9.17) is 0 Å². The minimum atomic E-state index is -0.660. The molecule has 3 aromatic rings. The fraction of sp³-hybridized carbons (Fsp3) is 0.111. The van der Waals surface area contributed by atoms with E-state index in [-0.39, 0.29) is 17.4 Å². The first-order valence-corrected chi connectivity index (χ1v) is 10.9. The Balaban J connectivity index is 1.58. The van der Waals surface area contributed by atoms with Crippen molar-refractivity contribution in [1.29, 1.82) is 0 Å². The summed E-state index contributed by atoms with van der Waals surface area (Å²) in [5.41, 5.74) is 5.12. The number of dihydropyridines is 1. The number of carbonyl (C=O) groups is 2. The molecule has 3 aromatic carbocycles. The molecule has 0 saturated carbocycles. The molecular weight excluding hydrogens is 430 g/mol. The van der Waals surface area contributed by atoms with Gasteiger partial charge in [0.2, 0.25) is 5.91 Å². The van der Waals surface area contributed by atoms with E-state index < -0.39 is 10.8 Å². The molecular formula is C27H21N3O4. The van der Waals surface area contributed by atoms with Crippen molar-refractivity contribution in [2.24, 2.45) is 0 Å². The quantitative estimate of drug-likeness (QED) is 0.440. The smallest absolute Gasteiger partial charge is 0.269 e. The summed E-state index contributed by atoms with van der Waals surface area (Å²) in [6, 6.07) is 22.9. The van der Waals surface area contributed by atoms with Crippen LogP contribution in [-0.4, -0.2) is 16.6 Å². The van der Waals surface area contributed by atoms with Crippen LogP contribution in [0.4, 0.5) is 5.69 Å². The average molecular weight is 451 g/mol. The van der Waals surface area contributed by atoms with Gasteiger partial charge in [-0.05, 0) is 18.1 Å². The highest BCUT2D eigenvalue weighted by atomic mass is 16.6. The number of non-ortho nitro benzene ring substituents is 1. The molecule has 0 unspecified atom stereocenters. The molecule has 0 spiro atoms. The molecule has 0 radical (unpaired) electrons. The Morgan fingerprint density at radius 3 is 2.29 bits per heavy atom. The number of benzene rings is 3. The number of fused-ring (bicyclic) bond motifs is 2. The number of allylic oxidation sites excluding steroid dienone is 2. The number of rotatable bonds is 5. The highest BCUT2D eigenvalue weighted by Gasteiger charge is 2.42. The van der Waals surface area contributed by atoms with Gasteiger partial charge >= 0.3 is 0 Å². The van der Waals surface area contributed by atoms with E-state index in [2.05, 4.69) is 10.6 Å². The molecule has 0 fully saturated rings. The van der Waals surface area contributed by atoms with E-state index in [1.54, 1.807) is 18.2 Å². The zero-order valence-electron chi connectivity index (χ0n) is 18.4. The van der Waals surface area contributed by atoms with Crippen LogP contribution in [0, 0.1) is 10.1 Å². The number of Topliss-reactive ketones (excluding diaryl/α,β-unsaturated/α-hetero) is 1. The standard InChI is InChI=1S/C27H21N3O4/c1-16-22(27(32)28-15-17-7-3-2-4-8-17)23(18-11-13-19(14-12-18)30(33)34)24-25(29-16)20-9-5-6-10-21(20)26(24)31/h2-14,23,29H,15H2,1H3,(H,28,32)/t23-/m1/s1. The minimum Gasteiger partial charge on any atom is -0.358 e. The van der Waals surface area contributed by atoms with Crippen molar-refractivity contribution in [2.45, 2.75) is 19.4 Å². The van der Waals surface area contributed by atoms with Crippen LogP contribution in [0.25, 0.3) is 5.70 Å². The number of hydrogen-bond donors (Lipinski definition) is 2. The maximum atomic E-state index is 13.5. The second-order valence-electron chi connectivity index (χ2n) is 8.28. The van der Waals surface area contributed by atoms with Gasteiger partial charge < -0.3 is 10.6 Å². The fourth-order valence-electron chi connectivity index (χ4n) is 4.63. The van der Waals surface area contributed by atoms with Gasteiger partial charge in [0.25, 0.3) is 5.69 Å². The van der Waals surface area contributed by atoms with Crippen LogP contribution in [0.2, 0.25) is 0 Å². The van der Waals surface area contributed by atoms with Crippen LogP contribution in [0.15, 0.2) is 95.7 Å². The Hall–Kier alpha value is -4.52. The molecule has 2 aliphatic rings. The zero-order chi connectivity index (χ0) is 23.8. The Bertz CT molecular complexity index is 1390. The largest absolute Gasteiger partial charge is 0.358 e. The Morgan fingerprint density at radius 2 is 1.62 bits per heavy atom. The van der Waals surface area contributed by atoms with Gasteiger partial charge in [-0.1, -0.05) is 66.7 Å². The minimum absolute atomic E-state index is 0.0521. The van der Waals surface area contributed by atoms with Gasteiger partial charge in [-0.15, -0.1) is 0 Å². The van der Waals surface area contributed by atoms with Gasteiger partial charge in [0.15, 0.2) is 5.78 Å². The summed E-state index contributed by atoms with van der Waals surface area (Å²) in [6.45, 7) is 2.15. The number of ketones is 1. The molecule has 5 rings (SSSR count). The number of nitro groups is 1. The third kappa shape index (κ3) is 3.57. The molecule has 1 amide bonds. The summed E-state index contributed by atoms with van der Waals surface area (Å²) in [5.74, 6) is -1.11. The van der Waals surface area contributed by atoms with Crippen LogP contribution in [0.3, 0.4) is 0 Å². The van der Waals surface area contributed by atoms with Crippen LogP contribution >= 0.6 is 0 Å².